The van der Waals surface area contributed by atoms with E-state index in [0.717, 1.165) is 0 Å². The normalized spacial score (nSPS) is 8.71. The smallest absolute Gasteiger partial charge is 0.373 e. The second-order valence-electron chi connectivity index (χ2n) is 0.891. The summed E-state index contributed by atoms with van der Waals surface area (Å²) in [5, 5.41) is 0. The molecule has 4 heteroatoms. The molecule has 0 heterocycles. The number of hydrogen-bond acceptors (Lipinski definition) is 3. The molecule has 0 saturated heterocycles. The third-order valence-electron chi connectivity index (χ3n) is 0.428. The second-order valence-corrected chi connectivity index (χ2v) is 1.22. The van der Waals surface area contributed by atoms with Gasteiger partial charge >= 0.3 is 14.7 Å². The van der Waals surface area contributed by atoms with Crippen molar-refractivity contribution < 1.29 is 13.9 Å². The van der Waals surface area contributed by atoms with E-state index in [4.69, 9.17) is 0 Å². The second kappa shape index (κ2) is 3.75. The molecule has 7 heavy (non-hydrogen) atoms. The fourth-order valence-corrected chi connectivity index (χ4v) is 0.318. The van der Waals surface area contributed by atoms with E-state index in [0.29, 0.717) is 0 Å². The average Bonchev–Trinajstić information content (AvgIpc) is 1.68. The third kappa shape index (κ3) is 3.40. The van der Waals surface area contributed by atoms with Crippen LogP contribution in [0.15, 0.2) is 0 Å². The lowest BCUT2D eigenvalue weighted by Crippen LogP contribution is -1.90. The zero-order valence-corrected chi connectivity index (χ0v) is 4.77. The first-order chi connectivity index (χ1) is 3.31. The standard InChI is InChI=1S/C3H5O3P/c1-2-3(4)6-7-5/h2H2,1H3. The maximum atomic E-state index is 9.98. The van der Waals surface area contributed by atoms with Gasteiger partial charge in [-0.15, -0.1) is 0 Å². The zero-order valence-electron chi connectivity index (χ0n) is 3.88. The Morgan fingerprint density at radius 3 is 2.57 bits per heavy atom. The molecule has 40 valence electrons. The fourth-order valence-electron chi connectivity index (χ4n) is 0.106. The first-order valence-electron chi connectivity index (χ1n) is 1.83. The molecule has 0 aromatic heterocycles. The van der Waals surface area contributed by atoms with Crippen molar-refractivity contribution in [2.45, 2.75) is 13.3 Å². The molecule has 0 aliphatic rings. The zero-order chi connectivity index (χ0) is 5.70. The Balaban J connectivity index is 3.17. The van der Waals surface area contributed by atoms with Gasteiger partial charge in [-0.1, -0.05) is 6.92 Å². The van der Waals surface area contributed by atoms with Gasteiger partial charge in [-0.25, -0.2) is 4.57 Å². The number of carbonyl (C=O) groups is 1. The Bertz CT molecular complexity index is 80.2. The quantitative estimate of drug-likeness (QED) is 0.513. The van der Waals surface area contributed by atoms with Gasteiger partial charge in [0.05, 0.1) is 0 Å². The largest absolute Gasteiger partial charge is 0.398 e. The summed E-state index contributed by atoms with van der Waals surface area (Å²) in [7, 11) is -0.560. The van der Waals surface area contributed by atoms with Crippen LogP contribution in [0.3, 0.4) is 0 Å². The molecule has 0 aromatic rings. The molecule has 0 spiro atoms. The van der Waals surface area contributed by atoms with Crippen molar-refractivity contribution in [1.29, 1.82) is 0 Å². The molecule has 0 unspecified atom stereocenters. The predicted octanol–water partition coefficient (Wildman–Crippen LogP) is 1.15. The first kappa shape index (κ1) is 6.57. The van der Waals surface area contributed by atoms with Gasteiger partial charge in [-0.2, -0.15) is 0 Å². The Labute approximate surface area is 43.0 Å². The van der Waals surface area contributed by atoms with Crippen LogP contribution in [0.1, 0.15) is 13.3 Å². The summed E-state index contributed by atoms with van der Waals surface area (Å²) in [6, 6.07) is 0. The van der Waals surface area contributed by atoms with Crippen molar-refractivity contribution in [3.8, 4) is 0 Å². The van der Waals surface area contributed by atoms with Gasteiger partial charge in [0, 0.05) is 6.42 Å². The summed E-state index contributed by atoms with van der Waals surface area (Å²) >= 11 is 0. The molecule has 3 nitrogen and oxygen atoms in total. The van der Waals surface area contributed by atoms with Crippen molar-refractivity contribution in [3.05, 3.63) is 0 Å². The number of hydrogen-bond donors (Lipinski definition) is 0. The molecule has 0 amide bonds. The van der Waals surface area contributed by atoms with Crippen LogP contribution in [0.4, 0.5) is 0 Å². The minimum absolute atomic E-state index is 0.273. The van der Waals surface area contributed by atoms with Crippen LogP contribution in [0.5, 0.6) is 0 Å². The Kier molecular flexibility index (Phi) is 3.52. The molecule has 0 bridgehead atoms. The molecule has 0 rings (SSSR count). The van der Waals surface area contributed by atoms with Gasteiger partial charge < -0.3 is 4.52 Å². The van der Waals surface area contributed by atoms with Crippen LogP contribution < -0.4 is 0 Å². The molecule has 0 aliphatic heterocycles. The lowest BCUT2D eigenvalue weighted by molar-refractivity contribution is -0.133. The van der Waals surface area contributed by atoms with Crippen molar-refractivity contribution in [2.24, 2.45) is 0 Å². The maximum absolute atomic E-state index is 9.98. The van der Waals surface area contributed by atoms with Gasteiger partial charge in [0.25, 0.3) is 0 Å². The topological polar surface area (TPSA) is 43.4 Å². The third-order valence-corrected chi connectivity index (χ3v) is 0.706. The van der Waals surface area contributed by atoms with Crippen LogP contribution in [-0.4, -0.2) is 5.97 Å². The van der Waals surface area contributed by atoms with E-state index in [9.17, 15) is 9.36 Å². The minimum atomic E-state index is -0.560. The van der Waals surface area contributed by atoms with E-state index in [1.807, 2.05) is 0 Å². The highest BCUT2D eigenvalue weighted by atomic mass is 31.1. The van der Waals surface area contributed by atoms with Crippen LogP contribution in [0.2, 0.25) is 0 Å². The summed E-state index contributed by atoms with van der Waals surface area (Å²) in [5.74, 6) is -0.448. The molecule has 0 saturated carbocycles. The van der Waals surface area contributed by atoms with Crippen LogP contribution in [-0.2, 0) is 13.9 Å². The Hall–Kier alpha value is -0.430. The van der Waals surface area contributed by atoms with Crippen LogP contribution >= 0.6 is 8.69 Å². The van der Waals surface area contributed by atoms with E-state index in [1.165, 1.54) is 0 Å². The van der Waals surface area contributed by atoms with Gasteiger partial charge in [-0.3, -0.25) is 4.79 Å². The van der Waals surface area contributed by atoms with E-state index in [1.54, 1.807) is 6.92 Å². The molecule has 0 aromatic carbocycles. The lowest BCUT2D eigenvalue weighted by atomic mass is 10.5. The summed E-state index contributed by atoms with van der Waals surface area (Å²) in [6.45, 7) is 1.63. The Morgan fingerprint density at radius 2 is 2.43 bits per heavy atom. The predicted molar refractivity (Wildman–Crippen MR) is 24.0 cm³/mol. The first-order valence-corrected chi connectivity index (χ1v) is 2.56. The molecule has 0 N–H and O–H groups in total. The molecule has 0 radical (unpaired) electrons. The van der Waals surface area contributed by atoms with Crippen LogP contribution in [0, 0.1) is 0 Å². The van der Waals surface area contributed by atoms with E-state index in [-0.39, 0.29) is 6.42 Å². The fraction of sp³-hybridized carbons (Fsp3) is 0.667. The highest BCUT2D eigenvalue weighted by Gasteiger charge is 1.93. The monoisotopic (exact) mass is 120 g/mol. The molecule has 0 atom stereocenters. The van der Waals surface area contributed by atoms with Crippen molar-refractivity contribution in [2.75, 3.05) is 0 Å². The minimum Gasteiger partial charge on any atom is -0.373 e. The van der Waals surface area contributed by atoms with Gasteiger partial charge in [0.15, 0.2) is 0 Å². The molecule has 0 fully saturated rings. The summed E-state index contributed by atoms with van der Waals surface area (Å²) in [6.07, 6.45) is 0.273. The SMILES string of the molecule is CCC(=O)OP=O. The highest BCUT2D eigenvalue weighted by Crippen LogP contribution is 1.95. The summed E-state index contributed by atoms with van der Waals surface area (Å²) in [4.78, 5) is 9.98. The van der Waals surface area contributed by atoms with Gasteiger partial charge in [0.1, 0.15) is 0 Å². The number of carbonyl (C=O) groups excluding carboxylic acids is 1. The lowest BCUT2D eigenvalue weighted by Gasteiger charge is -1.83. The van der Waals surface area contributed by atoms with E-state index >= 15 is 0 Å². The summed E-state index contributed by atoms with van der Waals surface area (Å²) in [5.41, 5.74) is 0. The average molecular weight is 120 g/mol. The molecule has 0 aliphatic carbocycles. The van der Waals surface area contributed by atoms with Crippen molar-refractivity contribution in [3.63, 3.8) is 0 Å². The van der Waals surface area contributed by atoms with Crippen molar-refractivity contribution in [1.82, 2.24) is 0 Å². The van der Waals surface area contributed by atoms with Crippen molar-refractivity contribution >= 4 is 14.7 Å². The highest BCUT2D eigenvalue weighted by molar-refractivity contribution is 7.18. The van der Waals surface area contributed by atoms with E-state index < -0.39 is 14.7 Å². The van der Waals surface area contributed by atoms with Gasteiger partial charge in [-0.05, 0) is 0 Å². The van der Waals surface area contributed by atoms with Crippen LogP contribution in [0.25, 0.3) is 0 Å². The van der Waals surface area contributed by atoms with E-state index in [2.05, 4.69) is 4.52 Å². The summed E-state index contributed by atoms with van der Waals surface area (Å²) < 4.78 is 13.4. The maximum Gasteiger partial charge on any atom is 0.398 e. The molecular weight excluding hydrogens is 115 g/mol. The van der Waals surface area contributed by atoms with Gasteiger partial charge in [0.2, 0.25) is 0 Å². The number of rotatable bonds is 2. The Morgan fingerprint density at radius 1 is 1.86 bits per heavy atom. The molecular formula is C3H5O3P.